The first-order valence-electron chi connectivity index (χ1n) is 16.0. The SMILES string of the molecule is CN(CCC1CC(C(F)(F)F)CC(C(F)(F)F)C1)C(=O)C(C1CCC2OCOC2C1)N1CCN(C2CCCCC2)CC1. The molecule has 242 valence electrons. The molecule has 5 rings (SSSR count). The van der Waals surface area contributed by atoms with Crippen LogP contribution < -0.4 is 0 Å². The van der Waals surface area contributed by atoms with E-state index in [9.17, 15) is 31.1 Å². The maximum Gasteiger partial charge on any atom is 0.391 e. The molecular weight excluding hydrogens is 564 g/mol. The second kappa shape index (κ2) is 13.5. The minimum absolute atomic E-state index is 0.0475. The van der Waals surface area contributed by atoms with E-state index < -0.39 is 36.5 Å². The molecule has 0 spiro atoms. The number of nitrogens with zero attached hydrogens (tertiary/aromatic N) is 3. The molecule has 0 aromatic carbocycles. The van der Waals surface area contributed by atoms with Crippen molar-refractivity contribution in [1.82, 2.24) is 14.7 Å². The van der Waals surface area contributed by atoms with Crippen LogP contribution in [-0.4, -0.2) is 104 Å². The van der Waals surface area contributed by atoms with Crippen molar-refractivity contribution >= 4 is 5.91 Å². The molecular formula is C30H47F6N3O3. The van der Waals surface area contributed by atoms with E-state index in [1.807, 2.05) is 0 Å². The third-order valence-corrected chi connectivity index (χ3v) is 10.8. The van der Waals surface area contributed by atoms with Crippen molar-refractivity contribution in [1.29, 1.82) is 0 Å². The van der Waals surface area contributed by atoms with Gasteiger partial charge in [0.25, 0.3) is 0 Å². The minimum Gasteiger partial charge on any atom is -0.349 e. The van der Waals surface area contributed by atoms with Gasteiger partial charge in [0.15, 0.2) is 0 Å². The lowest BCUT2D eigenvalue weighted by atomic mass is 9.73. The van der Waals surface area contributed by atoms with Crippen molar-refractivity contribution in [3.05, 3.63) is 0 Å². The molecule has 2 saturated heterocycles. The number of carbonyl (C=O) groups is 1. The highest BCUT2D eigenvalue weighted by molar-refractivity contribution is 5.82. The van der Waals surface area contributed by atoms with E-state index in [0.717, 1.165) is 39.0 Å². The van der Waals surface area contributed by atoms with Crippen LogP contribution in [0.1, 0.15) is 77.0 Å². The van der Waals surface area contributed by atoms with Gasteiger partial charge in [0.05, 0.1) is 30.1 Å². The summed E-state index contributed by atoms with van der Waals surface area (Å²) >= 11 is 0. The summed E-state index contributed by atoms with van der Waals surface area (Å²) in [5, 5.41) is 0. The molecule has 0 radical (unpaired) electrons. The van der Waals surface area contributed by atoms with E-state index in [-0.39, 0.29) is 62.7 Å². The van der Waals surface area contributed by atoms with E-state index in [1.54, 1.807) is 11.9 Å². The molecule has 6 nitrogen and oxygen atoms in total. The van der Waals surface area contributed by atoms with E-state index in [0.29, 0.717) is 12.5 Å². The van der Waals surface area contributed by atoms with Crippen molar-refractivity contribution in [3.8, 4) is 0 Å². The van der Waals surface area contributed by atoms with Crippen LogP contribution in [0.4, 0.5) is 26.3 Å². The minimum atomic E-state index is -4.65. The van der Waals surface area contributed by atoms with Gasteiger partial charge in [0.1, 0.15) is 6.79 Å². The second-order valence-electron chi connectivity index (χ2n) is 13.5. The smallest absolute Gasteiger partial charge is 0.349 e. The fourth-order valence-corrected chi connectivity index (χ4v) is 8.40. The molecule has 0 N–H and O–H groups in total. The molecule has 42 heavy (non-hydrogen) atoms. The molecule has 6 unspecified atom stereocenters. The van der Waals surface area contributed by atoms with Crippen molar-refractivity contribution in [3.63, 3.8) is 0 Å². The molecule has 1 amide bonds. The number of likely N-dealkylation sites (N-methyl/N-ethyl adjacent to an activating group) is 1. The van der Waals surface area contributed by atoms with Gasteiger partial charge in [-0.05, 0) is 69.6 Å². The number of halogens is 6. The molecule has 0 aromatic heterocycles. The normalized spacial score (nSPS) is 35.1. The number of rotatable bonds is 7. The molecule has 2 aliphatic heterocycles. The Kier molecular flexibility index (Phi) is 10.4. The fourth-order valence-electron chi connectivity index (χ4n) is 8.40. The summed E-state index contributed by atoms with van der Waals surface area (Å²) in [6, 6.07) is 0.222. The van der Waals surface area contributed by atoms with Gasteiger partial charge in [0, 0.05) is 45.8 Å². The number of fused-ring (bicyclic) bond motifs is 1. The number of ether oxygens (including phenoxy) is 2. The highest BCUT2D eigenvalue weighted by Crippen LogP contribution is 2.48. The summed E-state index contributed by atoms with van der Waals surface area (Å²) in [4.78, 5) is 20.5. The van der Waals surface area contributed by atoms with Gasteiger partial charge in [-0.3, -0.25) is 14.6 Å². The van der Waals surface area contributed by atoms with Gasteiger partial charge < -0.3 is 14.4 Å². The maximum absolute atomic E-state index is 14.1. The van der Waals surface area contributed by atoms with E-state index >= 15 is 0 Å². The third kappa shape index (κ3) is 7.75. The first-order chi connectivity index (χ1) is 19.9. The Balaban J connectivity index is 1.23. The summed E-state index contributed by atoms with van der Waals surface area (Å²) < 4.78 is 92.5. The topological polar surface area (TPSA) is 45.3 Å². The first kappa shape index (κ1) is 32.3. The monoisotopic (exact) mass is 611 g/mol. The first-order valence-corrected chi connectivity index (χ1v) is 16.0. The van der Waals surface area contributed by atoms with Crippen LogP contribution in [0.25, 0.3) is 0 Å². The average molecular weight is 612 g/mol. The largest absolute Gasteiger partial charge is 0.391 e. The van der Waals surface area contributed by atoms with E-state index in [2.05, 4.69) is 9.80 Å². The molecule has 6 atom stereocenters. The van der Waals surface area contributed by atoms with Crippen LogP contribution in [0.3, 0.4) is 0 Å². The number of amides is 1. The van der Waals surface area contributed by atoms with Gasteiger partial charge in [-0.1, -0.05) is 19.3 Å². The maximum atomic E-state index is 14.1. The number of carbonyl (C=O) groups excluding carboxylic acids is 1. The summed E-state index contributed by atoms with van der Waals surface area (Å²) in [6.45, 7) is 3.75. The zero-order valence-corrected chi connectivity index (χ0v) is 24.7. The highest BCUT2D eigenvalue weighted by atomic mass is 19.4. The molecule has 5 fully saturated rings. The van der Waals surface area contributed by atoms with Crippen molar-refractivity contribution in [2.45, 2.75) is 114 Å². The lowest BCUT2D eigenvalue weighted by Crippen LogP contribution is -2.60. The quantitative estimate of drug-likeness (QED) is 0.338. The number of alkyl halides is 6. The van der Waals surface area contributed by atoms with Crippen LogP contribution in [0.5, 0.6) is 0 Å². The van der Waals surface area contributed by atoms with Crippen LogP contribution >= 0.6 is 0 Å². The van der Waals surface area contributed by atoms with Crippen molar-refractivity contribution in [2.75, 3.05) is 46.6 Å². The van der Waals surface area contributed by atoms with Gasteiger partial charge in [-0.2, -0.15) is 26.3 Å². The summed E-state index contributed by atoms with van der Waals surface area (Å²) in [7, 11) is 1.65. The summed E-state index contributed by atoms with van der Waals surface area (Å²) in [5.41, 5.74) is 0. The average Bonchev–Trinajstić information content (AvgIpc) is 3.44. The molecule has 3 saturated carbocycles. The van der Waals surface area contributed by atoms with E-state index in [1.165, 1.54) is 32.1 Å². The Morgan fingerprint density at radius 2 is 1.43 bits per heavy atom. The molecule has 3 aliphatic carbocycles. The molecule has 0 aromatic rings. The Hall–Kier alpha value is -1.11. The standard InChI is InChI=1S/C30H47F6N3O3/c1-37(10-9-20-15-22(29(31,32)33)18-23(16-20)30(34,35)36)28(40)27(21-7-8-25-26(17-21)42-19-41-25)39-13-11-38(12-14-39)24-5-3-2-4-6-24/h20-27H,2-19H2,1H3. The molecule has 12 heteroatoms. The Morgan fingerprint density at radius 1 is 0.810 bits per heavy atom. The summed E-state index contributed by atoms with van der Waals surface area (Å²) in [5.74, 6) is -4.67. The fraction of sp³-hybridized carbons (Fsp3) is 0.967. The Bertz CT molecular complexity index is 868. The predicted molar refractivity (Wildman–Crippen MR) is 144 cm³/mol. The van der Waals surface area contributed by atoms with Gasteiger partial charge in [-0.25, -0.2) is 0 Å². The zero-order chi connectivity index (χ0) is 30.1. The second-order valence-corrected chi connectivity index (χ2v) is 13.5. The van der Waals surface area contributed by atoms with Crippen LogP contribution in [0, 0.1) is 23.7 Å². The number of piperazine rings is 1. The van der Waals surface area contributed by atoms with Crippen LogP contribution in [0.15, 0.2) is 0 Å². The highest BCUT2D eigenvalue weighted by Gasteiger charge is 2.52. The Labute approximate surface area is 245 Å². The molecule has 2 heterocycles. The third-order valence-electron chi connectivity index (χ3n) is 10.8. The zero-order valence-electron chi connectivity index (χ0n) is 24.7. The van der Waals surface area contributed by atoms with Crippen molar-refractivity contribution in [2.24, 2.45) is 23.7 Å². The van der Waals surface area contributed by atoms with Gasteiger partial charge in [0.2, 0.25) is 5.91 Å². The lowest BCUT2D eigenvalue weighted by molar-refractivity contribution is -0.229. The molecule has 5 aliphatic rings. The lowest BCUT2D eigenvalue weighted by Gasteiger charge is -2.46. The van der Waals surface area contributed by atoms with Gasteiger partial charge in [-0.15, -0.1) is 0 Å². The number of hydrogen-bond acceptors (Lipinski definition) is 5. The predicted octanol–water partition coefficient (Wildman–Crippen LogP) is 5.85. The van der Waals surface area contributed by atoms with E-state index in [4.69, 9.17) is 9.47 Å². The van der Waals surface area contributed by atoms with Crippen LogP contribution in [0.2, 0.25) is 0 Å². The van der Waals surface area contributed by atoms with Crippen molar-refractivity contribution < 1.29 is 40.6 Å². The van der Waals surface area contributed by atoms with Crippen LogP contribution in [-0.2, 0) is 14.3 Å². The Morgan fingerprint density at radius 3 is 2.05 bits per heavy atom. The van der Waals surface area contributed by atoms with Gasteiger partial charge >= 0.3 is 12.4 Å². The molecule has 0 bridgehead atoms. The summed E-state index contributed by atoms with van der Waals surface area (Å²) in [6.07, 6.45) is -2.09. The number of hydrogen-bond donors (Lipinski definition) is 0.